The minimum Gasteiger partial charge on any atom is -0.465 e. The molecule has 1 fully saturated rings. The van der Waals surface area contributed by atoms with Crippen LogP contribution < -0.4 is 4.90 Å². The number of alkyl halides is 3. The van der Waals surface area contributed by atoms with Crippen LogP contribution in [-0.4, -0.2) is 40.4 Å². The summed E-state index contributed by atoms with van der Waals surface area (Å²) in [5, 5.41) is 4.03. The average molecular weight is 417 g/mol. The molecule has 1 aliphatic rings. The Balaban J connectivity index is 1.45. The molecule has 0 radical (unpaired) electrons. The highest BCUT2D eigenvalue weighted by Gasteiger charge is 2.33. The van der Waals surface area contributed by atoms with Crippen LogP contribution in [0.25, 0.3) is 0 Å². The number of piperidine rings is 1. The van der Waals surface area contributed by atoms with E-state index in [1.807, 2.05) is 12.3 Å². The number of ether oxygens (including phenoxy) is 1. The molecule has 0 unspecified atom stereocenters. The third-order valence-electron chi connectivity index (χ3n) is 4.61. The molecule has 0 saturated carbocycles. The van der Waals surface area contributed by atoms with Crippen LogP contribution in [-0.2, 0) is 22.3 Å². The van der Waals surface area contributed by atoms with E-state index in [0.717, 1.165) is 12.3 Å². The molecule has 0 spiro atoms. The minimum absolute atomic E-state index is 0.0468. The van der Waals surface area contributed by atoms with Crippen molar-refractivity contribution in [1.82, 2.24) is 14.8 Å². The number of anilines is 1. The fraction of sp³-hybridized carbons (Fsp3) is 0.500. The molecule has 152 valence electrons. The van der Waals surface area contributed by atoms with E-state index < -0.39 is 11.7 Å². The lowest BCUT2D eigenvalue weighted by atomic mass is 9.97. The first-order chi connectivity index (χ1) is 13.3. The average Bonchev–Trinajstić information content (AvgIpc) is 3.18. The Kier molecular flexibility index (Phi) is 6.43. The second kappa shape index (κ2) is 8.81. The highest BCUT2D eigenvalue weighted by atomic mass is 35.5. The molecule has 1 aliphatic heterocycles. The number of carbonyl (C=O) groups excluding carboxylic acids is 1. The predicted octanol–water partition coefficient (Wildman–Crippen LogP) is 3.80. The van der Waals surface area contributed by atoms with Crippen molar-refractivity contribution in [2.24, 2.45) is 5.92 Å². The van der Waals surface area contributed by atoms with E-state index in [9.17, 15) is 18.0 Å². The summed E-state index contributed by atoms with van der Waals surface area (Å²) in [7, 11) is 0. The van der Waals surface area contributed by atoms with Gasteiger partial charge in [-0.1, -0.05) is 11.6 Å². The monoisotopic (exact) mass is 416 g/mol. The molecule has 2 aromatic heterocycles. The van der Waals surface area contributed by atoms with Crippen LogP contribution in [0.5, 0.6) is 0 Å². The van der Waals surface area contributed by atoms with Crippen molar-refractivity contribution in [3.63, 3.8) is 0 Å². The summed E-state index contributed by atoms with van der Waals surface area (Å²) in [5.41, 5.74) is -0.880. The van der Waals surface area contributed by atoms with Gasteiger partial charge in [-0.3, -0.25) is 9.48 Å². The number of hydrogen-bond acceptors (Lipinski definition) is 5. The van der Waals surface area contributed by atoms with Crippen LogP contribution in [0.1, 0.15) is 24.8 Å². The Morgan fingerprint density at radius 1 is 1.32 bits per heavy atom. The largest absolute Gasteiger partial charge is 0.465 e. The summed E-state index contributed by atoms with van der Waals surface area (Å²) in [6, 6.07) is 2.71. The lowest BCUT2D eigenvalue weighted by Crippen LogP contribution is -2.37. The molecule has 3 rings (SSSR count). The number of aromatic nitrogens is 3. The highest BCUT2D eigenvalue weighted by molar-refractivity contribution is 6.33. The van der Waals surface area contributed by atoms with E-state index in [2.05, 4.69) is 10.1 Å². The van der Waals surface area contributed by atoms with Gasteiger partial charge >= 0.3 is 12.1 Å². The summed E-state index contributed by atoms with van der Waals surface area (Å²) < 4.78 is 45.3. The van der Waals surface area contributed by atoms with Gasteiger partial charge in [0.1, 0.15) is 5.82 Å². The van der Waals surface area contributed by atoms with Gasteiger partial charge in [-0.05, 0) is 25.0 Å². The Labute approximate surface area is 165 Å². The molecule has 0 aliphatic carbocycles. The van der Waals surface area contributed by atoms with Crippen LogP contribution >= 0.6 is 11.6 Å². The van der Waals surface area contributed by atoms with Gasteiger partial charge < -0.3 is 9.64 Å². The second-order valence-electron chi connectivity index (χ2n) is 6.58. The lowest BCUT2D eigenvalue weighted by Gasteiger charge is -2.32. The van der Waals surface area contributed by atoms with E-state index in [1.165, 1.54) is 0 Å². The highest BCUT2D eigenvalue weighted by Crippen LogP contribution is 2.34. The molecule has 28 heavy (non-hydrogen) atoms. The molecule has 0 aromatic carbocycles. The third-order valence-corrected chi connectivity index (χ3v) is 4.89. The Morgan fingerprint density at radius 3 is 2.68 bits per heavy atom. The fourth-order valence-electron chi connectivity index (χ4n) is 3.10. The predicted molar refractivity (Wildman–Crippen MR) is 97.0 cm³/mol. The van der Waals surface area contributed by atoms with Gasteiger partial charge in [-0.25, -0.2) is 4.98 Å². The molecule has 2 aromatic rings. The first-order valence-corrected chi connectivity index (χ1v) is 9.34. The summed E-state index contributed by atoms with van der Waals surface area (Å²) in [6.07, 6.45) is 1.59. The number of hydrogen-bond donors (Lipinski definition) is 0. The van der Waals surface area contributed by atoms with E-state index in [0.29, 0.717) is 51.3 Å². The van der Waals surface area contributed by atoms with Crippen LogP contribution in [0.4, 0.5) is 19.0 Å². The molecule has 1 saturated heterocycles. The maximum absolute atomic E-state index is 12.7. The molecule has 0 N–H and O–H groups in total. The van der Waals surface area contributed by atoms with E-state index in [1.54, 1.807) is 15.8 Å². The quantitative estimate of drug-likeness (QED) is 0.529. The van der Waals surface area contributed by atoms with Crippen LogP contribution in [0, 0.1) is 5.92 Å². The van der Waals surface area contributed by atoms with Crippen molar-refractivity contribution in [1.29, 1.82) is 0 Å². The summed E-state index contributed by atoms with van der Waals surface area (Å²) >= 11 is 5.99. The smallest absolute Gasteiger partial charge is 0.417 e. The normalized spacial score (nSPS) is 15.6. The standard InChI is InChI=1S/C18H20ClF3N4O2/c19-15-11-14(18(20,21)22)12-23-16(15)25-8-3-13(4-9-25)17(27)28-10-2-7-26-6-1-5-24-26/h1,5-6,11-13H,2-4,7-10H2. The summed E-state index contributed by atoms with van der Waals surface area (Å²) in [4.78, 5) is 17.9. The van der Waals surface area contributed by atoms with Gasteiger partial charge in [0.15, 0.2) is 0 Å². The zero-order chi connectivity index (χ0) is 20.1. The first-order valence-electron chi connectivity index (χ1n) is 8.96. The summed E-state index contributed by atoms with van der Waals surface area (Å²) in [6.45, 7) is 1.96. The van der Waals surface area contributed by atoms with Gasteiger partial charge in [0.2, 0.25) is 0 Å². The number of carbonyl (C=O) groups is 1. The maximum atomic E-state index is 12.7. The Bertz CT molecular complexity index is 791. The van der Waals surface area contributed by atoms with Crippen LogP contribution in [0.3, 0.4) is 0 Å². The zero-order valence-corrected chi connectivity index (χ0v) is 15.8. The number of esters is 1. The fourth-order valence-corrected chi connectivity index (χ4v) is 3.38. The number of aryl methyl sites for hydroxylation is 1. The van der Waals surface area contributed by atoms with Gasteiger partial charge in [0.05, 0.1) is 23.1 Å². The molecule has 0 amide bonds. The van der Waals surface area contributed by atoms with E-state index in [-0.39, 0.29) is 16.9 Å². The van der Waals surface area contributed by atoms with Gasteiger partial charge in [0, 0.05) is 44.6 Å². The van der Waals surface area contributed by atoms with Gasteiger partial charge in [-0.15, -0.1) is 0 Å². The molecular weight excluding hydrogens is 397 g/mol. The SMILES string of the molecule is O=C(OCCCn1cccn1)C1CCN(c2ncc(C(F)(F)F)cc2Cl)CC1. The van der Waals surface area contributed by atoms with Crippen molar-refractivity contribution >= 4 is 23.4 Å². The molecule has 10 heteroatoms. The number of rotatable bonds is 6. The molecule has 0 bridgehead atoms. The topological polar surface area (TPSA) is 60.3 Å². The van der Waals surface area contributed by atoms with Crippen LogP contribution in [0.15, 0.2) is 30.7 Å². The summed E-state index contributed by atoms with van der Waals surface area (Å²) in [5.74, 6) is -0.165. The molecular formula is C18H20ClF3N4O2. The van der Waals surface area contributed by atoms with Crippen molar-refractivity contribution in [2.75, 3.05) is 24.6 Å². The molecule has 0 atom stereocenters. The van der Waals surface area contributed by atoms with E-state index >= 15 is 0 Å². The van der Waals surface area contributed by atoms with Crippen molar-refractivity contribution in [3.05, 3.63) is 41.3 Å². The number of nitrogens with zero attached hydrogens (tertiary/aromatic N) is 4. The number of pyridine rings is 1. The van der Waals surface area contributed by atoms with Crippen molar-refractivity contribution < 1.29 is 22.7 Å². The third kappa shape index (κ3) is 5.15. The first kappa shape index (κ1) is 20.4. The molecule has 3 heterocycles. The minimum atomic E-state index is -4.48. The van der Waals surface area contributed by atoms with E-state index in [4.69, 9.17) is 16.3 Å². The Hall–Kier alpha value is -2.29. The maximum Gasteiger partial charge on any atom is 0.417 e. The Morgan fingerprint density at radius 2 is 2.07 bits per heavy atom. The lowest BCUT2D eigenvalue weighted by molar-refractivity contribution is -0.149. The molecule has 6 nitrogen and oxygen atoms in total. The van der Waals surface area contributed by atoms with Crippen molar-refractivity contribution in [3.8, 4) is 0 Å². The van der Waals surface area contributed by atoms with Gasteiger partial charge in [0.25, 0.3) is 0 Å². The van der Waals surface area contributed by atoms with Crippen molar-refractivity contribution in [2.45, 2.75) is 32.0 Å². The zero-order valence-electron chi connectivity index (χ0n) is 15.0. The second-order valence-corrected chi connectivity index (χ2v) is 6.99. The number of halogens is 4. The van der Waals surface area contributed by atoms with Gasteiger partial charge in [-0.2, -0.15) is 18.3 Å². The van der Waals surface area contributed by atoms with Crippen LogP contribution in [0.2, 0.25) is 5.02 Å².